The van der Waals surface area contributed by atoms with E-state index < -0.39 is 0 Å². The Balaban J connectivity index is 1.38. The lowest BCUT2D eigenvalue weighted by atomic mass is 9.72. The molecule has 1 saturated heterocycles. The molecule has 2 amide bonds. The van der Waals surface area contributed by atoms with E-state index in [4.69, 9.17) is 0 Å². The molecule has 4 aliphatic rings. The van der Waals surface area contributed by atoms with Crippen molar-refractivity contribution in [2.24, 2.45) is 5.92 Å². The molecular weight excluding hydrogens is 346 g/mol. The van der Waals surface area contributed by atoms with Crippen molar-refractivity contribution in [1.82, 2.24) is 9.88 Å². The van der Waals surface area contributed by atoms with Crippen LogP contribution in [-0.2, 0) is 0 Å². The van der Waals surface area contributed by atoms with E-state index in [-0.39, 0.29) is 12.1 Å². The van der Waals surface area contributed by atoms with E-state index in [1.807, 2.05) is 41.3 Å². The maximum absolute atomic E-state index is 13.1. The van der Waals surface area contributed by atoms with Gasteiger partial charge in [0.1, 0.15) is 0 Å². The molecule has 6 rings (SSSR count). The Morgan fingerprint density at radius 2 is 2.14 bits per heavy atom. The summed E-state index contributed by atoms with van der Waals surface area (Å²) >= 11 is 0. The second kappa shape index (κ2) is 6.93. The zero-order valence-corrected chi connectivity index (χ0v) is 16.2. The van der Waals surface area contributed by atoms with Crippen LogP contribution in [0.15, 0.2) is 65.9 Å². The summed E-state index contributed by atoms with van der Waals surface area (Å²) in [6, 6.07) is 12.2. The van der Waals surface area contributed by atoms with Gasteiger partial charge in [-0.15, -0.1) is 0 Å². The number of amides is 2. The molecule has 2 unspecified atom stereocenters. The number of carbonyl (C=O) groups excluding carboxylic acids is 1. The molecule has 3 heterocycles. The number of benzene rings is 1. The number of urea groups is 1. The van der Waals surface area contributed by atoms with Crippen LogP contribution in [0.2, 0.25) is 0 Å². The standard InChI is InChI=1S/C24H25N3O/c1-16-9-11-18(14-21(16)22-8-4-5-13-25-22)26-24(28)27-15-17-10-12-23(27)20-7-3-2-6-19(17)20/h3-5,7-9,11,13-14,17,23H,2,6,10,12,15H2,1H3,(H,26,28). The van der Waals surface area contributed by atoms with E-state index in [0.717, 1.165) is 41.9 Å². The van der Waals surface area contributed by atoms with Crippen molar-refractivity contribution in [3.05, 3.63) is 71.5 Å². The molecule has 1 N–H and O–H groups in total. The van der Waals surface area contributed by atoms with E-state index in [2.05, 4.69) is 29.4 Å². The summed E-state index contributed by atoms with van der Waals surface area (Å²) in [6.45, 7) is 2.92. The number of anilines is 1. The molecule has 1 aromatic heterocycles. The zero-order valence-electron chi connectivity index (χ0n) is 16.2. The van der Waals surface area contributed by atoms with E-state index in [9.17, 15) is 4.79 Å². The third-order valence-corrected chi connectivity index (χ3v) is 6.37. The average molecular weight is 371 g/mol. The quantitative estimate of drug-likeness (QED) is 0.775. The van der Waals surface area contributed by atoms with Crippen molar-refractivity contribution in [2.45, 2.75) is 38.6 Å². The normalized spacial score (nSPS) is 23.0. The molecule has 2 atom stereocenters. The number of nitrogens with zero attached hydrogens (tertiary/aromatic N) is 2. The van der Waals surface area contributed by atoms with Crippen molar-refractivity contribution in [1.29, 1.82) is 0 Å². The number of hydrogen-bond acceptors (Lipinski definition) is 2. The first-order valence-electron chi connectivity index (χ1n) is 10.2. The smallest absolute Gasteiger partial charge is 0.317 e. The van der Waals surface area contributed by atoms with Gasteiger partial charge in [-0.3, -0.25) is 4.98 Å². The van der Waals surface area contributed by atoms with E-state index in [1.54, 1.807) is 11.8 Å². The number of allylic oxidation sites excluding steroid dienone is 1. The second-order valence-corrected chi connectivity index (χ2v) is 8.04. The van der Waals surface area contributed by atoms with Crippen LogP contribution in [0, 0.1) is 12.8 Å². The van der Waals surface area contributed by atoms with Gasteiger partial charge in [0.25, 0.3) is 0 Å². The Hall–Kier alpha value is -2.88. The summed E-state index contributed by atoms with van der Waals surface area (Å²) in [5.41, 5.74) is 6.97. The zero-order chi connectivity index (χ0) is 19.1. The predicted octanol–water partition coefficient (Wildman–Crippen LogP) is 5.33. The number of nitrogens with one attached hydrogen (secondary N) is 1. The average Bonchev–Trinajstić information content (AvgIpc) is 2.76. The molecule has 1 fully saturated rings. The van der Waals surface area contributed by atoms with E-state index >= 15 is 0 Å². The van der Waals surface area contributed by atoms with Gasteiger partial charge >= 0.3 is 6.03 Å². The number of aromatic nitrogens is 1. The van der Waals surface area contributed by atoms with Crippen molar-refractivity contribution in [3.63, 3.8) is 0 Å². The highest BCUT2D eigenvalue weighted by Gasteiger charge is 2.41. The summed E-state index contributed by atoms with van der Waals surface area (Å²) < 4.78 is 0. The molecule has 2 aromatic rings. The number of fused-ring (bicyclic) bond motifs is 2. The first-order chi connectivity index (χ1) is 13.7. The van der Waals surface area contributed by atoms with Gasteiger partial charge in [-0.2, -0.15) is 0 Å². The fourth-order valence-electron chi connectivity index (χ4n) is 4.96. The van der Waals surface area contributed by atoms with E-state index in [0.29, 0.717) is 5.92 Å². The summed E-state index contributed by atoms with van der Waals surface area (Å²) in [5.74, 6) is 0.540. The van der Waals surface area contributed by atoms with Gasteiger partial charge < -0.3 is 10.2 Å². The number of hydrogen-bond donors (Lipinski definition) is 1. The van der Waals surface area contributed by atoms with Gasteiger partial charge in [0.05, 0.1) is 11.7 Å². The Kier molecular flexibility index (Phi) is 4.27. The Morgan fingerprint density at radius 3 is 3.00 bits per heavy atom. The van der Waals surface area contributed by atoms with Crippen LogP contribution in [0.5, 0.6) is 0 Å². The van der Waals surface area contributed by atoms with Gasteiger partial charge in [0.2, 0.25) is 0 Å². The molecule has 4 heteroatoms. The van der Waals surface area contributed by atoms with Crippen LogP contribution in [0.4, 0.5) is 10.5 Å². The highest BCUT2D eigenvalue weighted by molar-refractivity contribution is 5.91. The molecule has 0 saturated carbocycles. The van der Waals surface area contributed by atoms with Crippen molar-refractivity contribution >= 4 is 11.7 Å². The minimum Gasteiger partial charge on any atom is -0.317 e. The summed E-state index contributed by atoms with van der Waals surface area (Å²) in [7, 11) is 0. The SMILES string of the molecule is Cc1ccc(NC(=O)N2CC3CCC2C2=C3CCC=C2)cc1-c1ccccn1. The molecule has 0 spiro atoms. The Morgan fingerprint density at radius 1 is 1.21 bits per heavy atom. The third-order valence-electron chi connectivity index (χ3n) is 6.37. The molecule has 1 aromatic carbocycles. The molecule has 28 heavy (non-hydrogen) atoms. The summed E-state index contributed by atoms with van der Waals surface area (Å²) in [5, 5.41) is 3.14. The lowest BCUT2D eigenvalue weighted by Gasteiger charge is -2.48. The van der Waals surface area contributed by atoms with Gasteiger partial charge in [-0.1, -0.05) is 29.9 Å². The maximum atomic E-state index is 13.1. The molecular formula is C24H25N3O. The second-order valence-electron chi connectivity index (χ2n) is 8.04. The minimum atomic E-state index is 0.0102. The summed E-state index contributed by atoms with van der Waals surface area (Å²) in [6.07, 6.45) is 10.9. The highest BCUT2D eigenvalue weighted by Crippen LogP contribution is 2.43. The van der Waals surface area contributed by atoms with Crippen molar-refractivity contribution in [3.8, 4) is 11.3 Å². The van der Waals surface area contributed by atoms with Crippen LogP contribution in [0.25, 0.3) is 11.3 Å². The largest absolute Gasteiger partial charge is 0.322 e. The van der Waals surface area contributed by atoms with Gasteiger partial charge in [0.15, 0.2) is 0 Å². The van der Waals surface area contributed by atoms with Crippen LogP contribution < -0.4 is 5.32 Å². The van der Waals surface area contributed by atoms with Crippen molar-refractivity contribution in [2.75, 3.05) is 11.9 Å². The Bertz CT molecular complexity index is 977. The first kappa shape index (κ1) is 17.2. The van der Waals surface area contributed by atoms with Crippen LogP contribution in [-0.4, -0.2) is 28.5 Å². The molecule has 142 valence electrons. The minimum absolute atomic E-state index is 0.0102. The number of rotatable bonds is 2. The van der Waals surface area contributed by atoms with Crippen LogP contribution >= 0.6 is 0 Å². The molecule has 0 radical (unpaired) electrons. The number of carbonyl (C=O) groups is 1. The topological polar surface area (TPSA) is 45.2 Å². The van der Waals surface area contributed by atoms with Gasteiger partial charge in [-0.25, -0.2) is 4.79 Å². The van der Waals surface area contributed by atoms with Gasteiger partial charge in [0, 0.05) is 24.0 Å². The predicted molar refractivity (Wildman–Crippen MR) is 112 cm³/mol. The molecule has 2 bridgehead atoms. The summed E-state index contributed by atoms with van der Waals surface area (Å²) in [4.78, 5) is 19.6. The maximum Gasteiger partial charge on any atom is 0.322 e. The lowest BCUT2D eigenvalue weighted by Crippen LogP contribution is -2.53. The fraction of sp³-hybridized carbons (Fsp3) is 0.333. The highest BCUT2D eigenvalue weighted by atomic mass is 16.2. The van der Waals surface area contributed by atoms with Crippen LogP contribution in [0.3, 0.4) is 0 Å². The fourth-order valence-corrected chi connectivity index (χ4v) is 4.96. The Labute approximate surface area is 166 Å². The lowest BCUT2D eigenvalue weighted by molar-refractivity contribution is 0.143. The molecule has 4 nitrogen and oxygen atoms in total. The first-order valence-corrected chi connectivity index (χ1v) is 10.2. The van der Waals surface area contributed by atoms with Gasteiger partial charge in [-0.05, 0) is 73.9 Å². The van der Waals surface area contributed by atoms with E-state index in [1.165, 1.54) is 18.4 Å². The number of aryl methyl sites for hydroxylation is 1. The number of piperidine rings is 1. The van der Waals surface area contributed by atoms with Crippen molar-refractivity contribution < 1.29 is 4.79 Å². The molecule has 2 aliphatic carbocycles. The van der Waals surface area contributed by atoms with Crippen LogP contribution in [0.1, 0.15) is 31.2 Å². The monoisotopic (exact) mass is 371 g/mol. The molecule has 2 aliphatic heterocycles. The third kappa shape index (κ3) is 2.93. The number of pyridine rings is 1.